The van der Waals surface area contributed by atoms with E-state index in [0.717, 1.165) is 0 Å². The number of ether oxygens (including phenoxy) is 1. The Morgan fingerprint density at radius 1 is 1.28 bits per heavy atom. The van der Waals surface area contributed by atoms with Crippen molar-refractivity contribution in [1.82, 2.24) is 14.6 Å². The van der Waals surface area contributed by atoms with Crippen LogP contribution in [0.4, 0.5) is 0 Å². The molecule has 176 valence electrons. The van der Waals surface area contributed by atoms with Crippen LogP contribution in [-0.2, 0) is 14.1 Å². The van der Waals surface area contributed by atoms with Gasteiger partial charge >= 0.3 is 14.2 Å². The first-order chi connectivity index (χ1) is 15.3. The number of aromatic nitrogens is 2. The summed E-state index contributed by atoms with van der Waals surface area (Å²) in [7, 11) is -1.59. The van der Waals surface area contributed by atoms with Crippen molar-refractivity contribution in [2.24, 2.45) is 5.92 Å². The Kier molecular flexibility index (Phi) is 10.3. The maximum Gasteiger partial charge on any atom is 0.330 e. The van der Waals surface area contributed by atoms with E-state index < -0.39 is 32.0 Å². The van der Waals surface area contributed by atoms with Crippen molar-refractivity contribution in [3.63, 3.8) is 0 Å². The number of benzene rings is 1. The highest BCUT2D eigenvalue weighted by Gasteiger charge is 2.35. The quantitative estimate of drug-likeness (QED) is 0.546. The van der Waals surface area contributed by atoms with Gasteiger partial charge in [0.15, 0.2) is 0 Å². The average molecular weight is 465 g/mol. The smallest absolute Gasteiger partial charge is 0.330 e. The van der Waals surface area contributed by atoms with E-state index in [0.29, 0.717) is 12.2 Å². The highest BCUT2D eigenvalue weighted by Crippen LogP contribution is 2.39. The van der Waals surface area contributed by atoms with Gasteiger partial charge in [0.05, 0.1) is 18.8 Å². The van der Waals surface area contributed by atoms with Gasteiger partial charge in [-0.25, -0.2) is 9.88 Å². The molecule has 1 aromatic carbocycles. The van der Waals surface area contributed by atoms with Crippen LogP contribution in [0, 0.1) is 5.92 Å². The lowest BCUT2D eigenvalue weighted by Crippen LogP contribution is -2.33. The molecule has 1 aromatic heterocycles. The number of nitrogens with zero attached hydrogens (tertiary/aromatic N) is 1. The molecule has 0 radical (unpaired) electrons. The van der Waals surface area contributed by atoms with Crippen LogP contribution < -0.4 is 20.9 Å². The second kappa shape index (κ2) is 12.6. The SMILES string of the molecule is CC.CC(=O)C(C)NP(OCC1CC(C)C(n2ccc(=O)[nH]c2=O)O1)Oc1ccccc1. The number of hydrogen-bond donors (Lipinski definition) is 2. The summed E-state index contributed by atoms with van der Waals surface area (Å²) in [6.45, 7) is 9.46. The Bertz CT molecular complexity index is 964. The molecule has 1 saturated heterocycles. The standard InChI is InChI=1S/C20H26N3O6P.C2H6/c1-13-11-17(28-19(13)23-10-9-18(25)21-20(23)26)12-27-30(22-14(2)15(3)24)29-16-7-5-4-6-8-16;1-2/h4-10,13-14,17,19,22H,11-12H2,1-3H3,(H,21,25,26);1-2H3. The second-order valence-corrected chi connectivity index (χ2v) is 8.51. The van der Waals surface area contributed by atoms with Crippen LogP contribution >= 0.6 is 8.53 Å². The number of para-hydroxylation sites is 1. The van der Waals surface area contributed by atoms with Gasteiger partial charge in [-0.3, -0.25) is 19.1 Å². The number of ketones is 1. The van der Waals surface area contributed by atoms with Crippen molar-refractivity contribution >= 4 is 14.3 Å². The Hall–Kier alpha value is -2.32. The largest absolute Gasteiger partial charge is 0.436 e. The van der Waals surface area contributed by atoms with Crippen LogP contribution in [-0.4, -0.2) is 34.1 Å². The predicted octanol–water partition coefficient (Wildman–Crippen LogP) is 3.38. The van der Waals surface area contributed by atoms with Gasteiger partial charge in [-0.1, -0.05) is 39.0 Å². The first kappa shape index (κ1) is 25.9. The van der Waals surface area contributed by atoms with Gasteiger partial charge in [0.25, 0.3) is 5.56 Å². The van der Waals surface area contributed by atoms with E-state index in [1.165, 1.54) is 23.8 Å². The van der Waals surface area contributed by atoms with Crippen LogP contribution in [0.3, 0.4) is 0 Å². The molecule has 5 atom stereocenters. The fraction of sp³-hybridized carbons (Fsp3) is 0.500. The van der Waals surface area contributed by atoms with Crippen molar-refractivity contribution in [2.45, 2.75) is 59.4 Å². The van der Waals surface area contributed by atoms with Crippen LogP contribution in [0.5, 0.6) is 5.75 Å². The zero-order valence-electron chi connectivity index (χ0n) is 19.1. The third-order valence-corrected chi connectivity index (χ3v) is 6.16. The van der Waals surface area contributed by atoms with Crippen molar-refractivity contribution < 1.29 is 18.6 Å². The molecule has 1 aliphatic heterocycles. The van der Waals surface area contributed by atoms with Crippen LogP contribution in [0.25, 0.3) is 0 Å². The minimum absolute atomic E-state index is 0.0222. The number of H-pyrrole nitrogens is 1. The molecule has 3 rings (SSSR count). The number of Topliss-reactive ketones (excluding diaryl/α,β-unsaturated/α-hetero) is 1. The third-order valence-electron chi connectivity index (χ3n) is 4.80. The first-order valence-corrected chi connectivity index (χ1v) is 11.9. The summed E-state index contributed by atoms with van der Waals surface area (Å²) in [5, 5.41) is 3.08. The number of carbonyl (C=O) groups is 1. The molecule has 10 heteroatoms. The first-order valence-electron chi connectivity index (χ1n) is 10.7. The van der Waals surface area contributed by atoms with Gasteiger partial charge in [-0.2, -0.15) is 0 Å². The van der Waals surface area contributed by atoms with Gasteiger partial charge in [0, 0.05) is 18.2 Å². The maximum atomic E-state index is 12.1. The van der Waals surface area contributed by atoms with E-state index >= 15 is 0 Å². The highest BCUT2D eigenvalue weighted by molar-refractivity contribution is 7.45. The summed E-state index contributed by atoms with van der Waals surface area (Å²) >= 11 is 0. The summed E-state index contributed by atoms with van der Waals surface area (Å²) in [5.41, 5.74) is -0.955. The summed E-state index contributed by atoms with van der Waals surface area (Å²) < 4.78 is 19.2. The van der Waals surface area contributed by atoms with Crippen molar-refractivity contribution in [3.05, 3.63) is 63.4 Å². The molecule has 0 aliphatic carbocycles. The summed E-state index contributed by atoms with van der Waals surface area (Å²) in [6.07, 6.45) is 1.36. The van der Waals surface area contributed by atoms with Crippen molar-refractivity contribution in [1.29, 1.82) is 0 Å². The molecular formula is C22H32N3O6P. The van der Waals surface area contributed by atoms with Gasteiger partial charge < -0.3 is 13.8 Å². The summed E-state index contributed by atoms with van der Waals surface area (Å²) in [5.74, 6) is 0.656. The summed E-state index contributed by atoms with van der Waals surface area (Å²) in [4.78, 5) is 37.3. The topological polar surface area (TPSA) is 112 Å². The normalized spacial score (nSPS) is 21.8. The molecule has 32 heavy (non-hydrogen) atoms. The number of aromatic amines is 1. The van der Waals surface area contributed by atoms with E-state index in [4.69, 9.17) is 13.8 Å². The minimum atomic E-state index is -1.59. The molecule has 5 unspecified atom stereocenters. The molecule has 0 bridgehead atoms. The number of nitrogens with one attached hydrogen (secondary N) is 2. The zero-order valence-corrected chi connectivity index (χ0v) is 20.0. The Labute approximate surface area is 189 Å². The predicted molar refractivity (Wildman–Crippen MR) is 124 cm³/mol. The average Bonchev–Trinajstić information content (AvgIpc) is 3.14. The van der Waals surface area contributed by atoms with Gasteiger partial charge in [0.1, 0.15) is 17.8 Å². The highest BCUT2D eigenvalue weighted by atomic mass is 31.2. The monoisotopic (exact) mass is 465 g/mol. The Morgan fingerprint density at radius 3 is 2.59 bits per heavy atom. The van der Waals surface area contributed by atoms with Gasteiger partial charge in [-0.15, -0.1) is 0 Å². The molecule has 0 saturated carbocycles. The molecular weight excluding hydrogens is 433 g/mol. The minimum Gasteiger partial charge on any atom is -0.436 e. The summed E-state index contributed by atoms with van der Waals surface area (Å²) in [6, 6.07) is 10.1. The third kappa shape index (κ3) is 7.38. The lowest BCUT2D eigenvalue weighted by molar-refractivity contribution is -0.118. The second-order valence-electron chi connectivity index (χ2n) is 7.30. The molecule has 9 nitrogen and oxygen atoms in total. The Balaban J connectivity index is 0.00000176. The number of carbonyl (C=O) groups excluding carboxylic acids is 1. The van der Waals surface area contributed by atoms with Gasteiger partial charge in [-0.05, 0) is 32.4 Å². The van der Waals surface area contributed by atoms with E-state index in [1.807, 2.05) is 51.1 Å². The molecule has 2 N–H and O–H groups in total. The number of hydrogen-bond acceptors (Lipinski definition) is 7. The lowest BCUT2D eigenvalue weighted by atomic mass is 10.1. The Morgan fingerprint density at radius 2 is 1.97 bits per heavy atom. The molecule has 1 aliphatic rings. The van der Waals surface area contributed by atoms with Crippen LogP contribution in [0.2, 0.25) is 0 Å². The van der Waals surface area contributed by atoms with E-state index in [-0.39, 0.29) is 24.4 Å². The molecule has 0 spiro atoms. The lowest BCUT2D eigenvalue weighted by Gasteiger charge is -2.23. The molecule has 2 aromatic rings. The van der Waals surface area contributed by atoms with Crippen molar-refractivity contribution in [2.75, 3.05) is 6.61 Å². The van der Waals surface area contributed by atoms with Crippen LogP contribution in [0.1, 0.15) is 47.3 Å². The molecule has 0 amide bonds. The fourth-order valence-corrected chi connectivity index (χ4v) is 4.35. The molecule has 2 heterocycles. The number of rotatable bonds is 9. The fourth-order valence-electron chi connectivity index (χ4n) is 3.06. The van der Waals surface area contributed by atoms with E-state index in [1.54, 1.807) is 6.92 Å². The van der Waals surface area contributed by atoms with Crippen molar-refractivity contribution in [3.8, 4) is 5.75 Å². The van der Waals surface area contributed by atoms with E-state index in [9.17, 15) is 14.4 Å². The van der Waals surface area contributed by atoms with Gasteiger partial charge in [0.2, 0.25) is 0 Å². The molecule has 1 fully saturated rings. The maximum absolute atomic E-state index is 12.1. The zero-order chi connectivity index (χ0) is 23.7. The van der Waals surface area contributed by atoms with E-state index in [2.05, 4.69) is 10.1 Å². The van der Waals surface area contributed by atoms with Crippen LogP contribution in [0.15, 0.2) is 52.2 Å².